The summed E-state index contributed by atoms with van der Waals surface area (Å²) in [5, 5.41) is 11.2. The summed E-state index contributed by atoms with van der Waals surface area (Å²) in [4.78, 5) is 31.2. The Labute approximate surface area is 179 Å². The van der Waals surface area contributed by atoms with Crippen LogP contribution in [-0.2, 0) is 6.54 Å². The van der Waals surface area contributed by atoms with Gasteiger partial charge in [-0.25, -0.2) is 9.97 Å². The average molecular weight is 414 g/mol. The number of hydrogen-bond donors (Lipinski definition) is 1. The van der Waals surface area contributed by atoms with Crippen LogP contribution >= 0.6 is 0 Å². The van der Waals surface area contributed by atoms with E-state index in [1.807, 2.05) is 41.1 Å². The number of carbonyl (C=O) groups excluding carboxylic acids is 1. The van der Waals surface area contributed by atoms with Gasteiger partial charge in [0.2, 0.25) is 0 Å². The summed E-state index contributed by atoms with van der Waals surface area (Å²) in [5.41, 5.74) is 3.22. The quantitative estimate of drug-likeness (QED) is 0.551. The summed E-state index contributed by atoms with van der Waals surface area (Å²) < 4.78 is 2.04. The number of amides is 1. The zero-order chi connectivity index (χ0) is 21.3. The molecule has 1 fully saturated rings. The van der Waals surface area contributed by atoms with Gasteiger partial charge in [0.25, 0.3) is 5.91 Å². The number of rotatable bonds is 4. The Morgan fingerprint density at radius 2 is 1.81 bits per heavy atom. The lowest BCUT2D eigenvalue weighted by Crippen LogP contribution is -2.48. The molecule has 5 rings (SSSR count). The van der Waals surface area contributed by atoms with Crippen molar-refractivity contribution in [2.45, 2.75) is 25.0 Å². The van der Waals surface area contributed by atoms with Crippen LogP contribution in [0.25, 0.3) is 22.3 Å². The monoisotopic (exact) mass is 414 g/mol. The van der Waals surface area contributed by atoms with Crippen molar-refractivity contribution in [3.8, 4) is 11.3 Å². The first-order valence-electron chi connectivity index (χ1n) is 10.3. The zero-order valence-electron chi connectivity index (χ0n) is 16.9. The molecule has 1 saturated heterocycles. The first-order chi connectivity index (χ1) is 15.1. The summed E-state index contributed by atoms with van der Waals surface area (Å²) in [7, 11) is 0. The second-order valence-electron chi connectivity index (χ2n) is 7.89. The maximum absolute atomic E-state index is 12.6. The Bertz CT molecular complexity index is 1200. The third kappa shape index (κ3) is 3.89. The topological polar surface area (TPSA) is 97.0 Å². The van der Waals surface area contributed by atoms with E-state index in [1.165, 1.54) is 12.4 Å². The van der Waals surface area contributed by atoms with Crippen molar-refractivity contribution in [1.82, 2.24) is 29.4 Å². The van der Waals surface area contributed by atoms with Gasteiger partial charge in [-0.05, 0) is 43.2 Å². The molecule has 0 atom stereocenters. The van der Waals surface area contributed by atoms with E-state index in [9.17, 15) is 9.90 Å². The van der Waals surface area contributed by atoms with Crippen LogP contribution in [-0.4, -0.2) is 59.1 Å². The lowest BCUT2D eigenvalue weighted by Gasteiger charge is -2.38. The molecule has 1 N–H and O–H groups in total. The van der Waals surface area contributed by atoms with Gasteiger partial charge in [-0.2, -0.15) is 0 Å². The van der Waals surface area contributed by atoms with Crippen molar-refractivity contribution >= 4 is 16.9 Å². The van der Waals surface area contributed by atoms with Gasteiger partial charge >= 0.3 is 0 Å². The molecule has 1 aliphatic rings. The Kier molecular flexibility index (Phi) is 4.91. The molecule has 0 saturated carbocycles. The summed E-state index contributed by atoms with van der Waals surface area (Å²) in [6, 6.07) is 9.86. The zero-order valence-corrected chi connectivity index (χ0v) is 16.9. The van der Waals surface area contributed by atoms with Gasteiger partial charge in [-0.1, -0.05) is 0 Å². The molecule has 5 heterocycles. The summed E-state index contributed by atoms with van der Waals surface area (Å²) >= 11 is 0. The second kappa shape index (κ2) is 7.88. The largest absolute Gasteiger partial charge is 0.388 e. The molecule has 4 aromatic heterocycles. The van der Waals surface area contributed by atoms with Crippen molar-refractivity contribution < 1.29 is 9.90 Å². The Balaban J connectivity index is 1.29. The molecule has 156 valence electrons. The fourth-order valence-electron chi connectivity index (χ4n) is 4.07. The van der Waals surface area contributed by atoms with E-state index >= 15 is 0 Å². The third-order valence-corrected chi connectivity index (χ3v) is 5.83. The van der Waals surface area contributed by atoms with Crippen molar-refractivity contribution in [2.75, 3.05) is 13.1 Å². The fraction of sp³-hybridized carbons (Fsp3) is 0.261. The molecule has 4 aromatic rings. The van der Waals surface area contributed by atoms with Crippen LogP contribution < -0.4 is 0 Å². The van der Waals surface area contributed by atoms with Gasteiger partial charge in [0.05, 0.1) is 35.1 Å². The Morgan fingerprint density at radius 3 is 2.55 bits per heavy atom. The molecule has 8 nitrogen and oxygen atoms in total. The van der Waals surface area contributed by atoms with Crippen molar-refractivity contribution in [3.63, 3.8) is 0 Å². The summed E-state index contributed by atoms with van der Waals surface area (Å²) in [5.74, 6) is -0.144. The highest BCUT2D eigenvalue weighted by molar-refractivity contribution is 5.92. The van der Waals surface area contributed by atoms with Gasteiger partial charge in [0.1, 0.15) is 5.69 Å². The first-order valence-corrected chi connectivity index (χ1v) is 10.3. The molecule has 1 aliphatic heterocycles. The second-order valence-corrected chi connectivity index (χ2v) is 7.89. The molecule has 0 radical (unpaired) electrons. The minimum atomic E-state index is -0.880. The van der Waals surface area contributed by atoms with E-state index in [2.05, 4.69) is 15.0 Å². The van der Waals surface area contributed by atoms with E-state index in [1.54, 1.807) is 23.5 Å². The van der Waals surface area contributed by atoms with Gasteiger partial charge in [0.15, 0.2) is 0 Å². The number of nitrogens with zero attached hydrogens (tertiary/aromatic N) is 6. The average Bonchev–Trinajstić information content (AvgIpc) is 3.21. The smallest absolute Gasteiger partial charge is 0.274 e. The standard InChI is InChI=1S/C23H22N6O2/c30-22(20-15-25-10-11-26-20)28-13-6-23(31,7-14-28)16-29-12-5-19-21(29)2-1-18(27-19)17-3-8-24-9-4-17/h1-5,8-12,15,31H,6-7,13-14,16H2. The van der Waals surface area contributed by atoms with Gasteiger partial charge in [-0.15, -0.1) is 0 Å². The number of aliphatic hydroxyl groups is 1. The Hall–Kier alpha value is -3.65. The maximum atomic E-state index is 12.6. The van der Waals surface area contributed by atoms with E-state index in [-0.39, 0.29) is 5.91 Å². The molecule has 31 heavy (non-hydrogen) atoms. The van der Waals surface area contributed by atoms with Crippen LogP contribution in [0.5, 0.6) is 0 Å². The molecule has 0 aliphatic carbocycles. The molecule has 1 amide bonds. The molecule has 8 heteroatoms. The molecular weight excluding hydrogens is 392 g/mol. The first kappa shape index (κ1) is 19.3. The van der Waals surface area contributed by atoms with Crippen molar-refractivity contribution in [2.24, 2.45) is 0 Å². The fourth-order valence-corrected chi connectivity index (χ4v) is 4.07. The minimum Gasteiger partial charge on any atom is -0.388 e. The van der Waals surface area contributed by atoms with Crippen LogP contribution in [0, 0.1) is 0 Å². The highest BCUT2D eigenvalue weighted by Gasteiger charge is 2.35. The van der Waals surface area contributed by atoms with E-state index in [4.69, 9.17) is 4.98 Å². The van der Waals surface area contributed by atoms with Crippen LogP contribution in [0.3, 0.4) is 0 Å². The van der Waals surface area contributed by atoms with Crippen LogP contribution in [0.15, 0.2) is 67.5 Å². The normalized spacial score (nSPS) is 15.8. The summed E-state index contributed by atoms with van der Waals surface area (Å²) in [6.07, 6.45) is 11.0. The predicted octanol–water partition coefficient (Wildman–Crippen LogP) is 2.56. The molecular formula is C23H22N6O2. The number of hydrogen-bond acceptors (Lipinski definition) is 6. The number of fused-ring (bicyclic) bond motifs is 1. The van der Waals surface area contributed by atoms with Crippen LogP contribution in [0.2, 0.25) is 0 Å². The van der Waals surface area contributed by atoms with Gasteiger partial charge in [-0.3, -0.25) is 14.8 Å². The van der Waals surface area contributed by atoms with Crippen molar-refractivity contribution in [1.29, 1.82) is 0 Å². The third-order valence-electron chi connectivity index (χ3n) is 5.83. The SMILES string of the molecule is O=C(c1cnccn1)N1CCC(O)(Cn2ccc3nc(-c4ccncc4)ccc32)CC1. The highest BCUT2D eigenvalue weighted by Crippen LogP contribution is 2.28. The van der Waals surface area contributed by atoms with Gasteiger partial charge < -0.3 is 14.6 Å². The number of aromatic nitrogens is 5. The molecule has 0 aromatic carbocycles. The number of piperidine rings is 1. The molecule has 0 spiro atoms. The number of carbonyl (C=O) groups is 1. The van der Waals surface area contributed by atoms with Crippen LogP contribution in [0.4, 0.5) is 0 Å². The lowest BCUT2D eigenvalue weighted by atomic mass is 9.91. The predicted molar refractivity (Wildman–Crippen MR) is 115 cm³/mol. The Morgan fingerprint density at radius 1 is 1.00 bits per heavy atom. The van der Waals surface area contributed by atoms with Crippen molar-refractivity contribution in [3.05, 3.63) is 73.2 Å². The maximum Gasteiger partial charge on any atom is 0.274 e. The summed E-state index contributed by atoms with van der Waals surface area (Å²) in [6.45, 7) is 1.42. The van der Waals surface area contributed by atoms with Crippen LogP contribution in [0.1, 0.15) is 23.3 Å². The van der Waals surface area contributed by atoms with Gasteiger partial charge in [0, 0.05) is 49.6 Å². The van der Waals surface area contributed by atoms with E-state index in [0.717, 1.165) is 22.3 Å². The van der Waals surface area contributed by atoms with E-state index < -0.39 is 5.60 Å². The molecule has 0 bridgehead atoms. The number of likely N-dealkylation sites (tertiary alicyclic amines) is 1. The highest BCUT2D eigenvalue weighted by atomic mass is 16.3. The molecule has 0 unspecified atom stereocenters. The lowest BCUT2D eigenvalue weighted by molar-refractivity contribution is -0.0285. The number of pyridine rings is 2. The van der Waals surface area contributed by atoms with E-state index in [0.29, 0.717) is 38.2 Å². The minimum absolute atomic E-state index is 0.144.